The van der Waals surface area contributed by atoms with Crippen molar-refractivity contribution in [2.75, 3.05) is 5.32 Å². The summed E-state index contributed by atoms with van der Waals surface area (Å²) in [5, 5.41) is 6.09. The molecular formula is C19H20N2. The van der Waals surface area contributed by atoms with Gasteiger partial charge in [-0.2, -0.15) is 0 Å². The first-order valence-electron chi connectivity index (χ1n) is 7.50. The van der Waals surface area contributed by atoms with E-state index >= 15 is 0 Å². The Balaban J connectivity index is 1.82. The monoisotopic (exact) mass is 276 g/mol. The zero-order valence-corrected chi connectivity index (χ0v) is 12.3. The largest absolute Gasteiger partial charge is 0.381 e. The molecule has 2 aromatic carbocycles. The van der Waals surface area contributed by atoms with Crippen molar-refractivity contribution in [2.24, 2.45) is 0 Å². The molecule has 2 heteroatoms. The summed E-state index contributed by atoms with van der Waals surface area (Å²) in [6.45, 7) is 2.23. The van der Waals surface area contributed by atoms with Crippen molar-refractivity contribution in [3.8, 4) is 0 Å². The maximum absolute atomic E-state index is 4.25. The number of pyridine rings is 1. The Morgan fingerprint density at radius 3 is 2.67 bits per heavy atom. The lowest BCUT2D eigenvalue weighted by molar-refractivity contribution is 0.691. The Labute approximate surface area is 125 Å². The van der Waals surface area contributed by atoms with E-state index in [1.165, 1.54) is 22.0 Å². The van der Waals surface area contributed by atoms with Crippen LogP contribution in [-0.2, 0) is 6.42 Å². The molecule has 0 aliphatic carbocycles. The second-order valence-corrected chi connectivity index (χ2v) is 5.34. The van der Waals surface area contributed by atoms with E-state index in [0.717, 1.165) is 12.8 Å². The minimum atomic E-state index is 0.429. The summed E-state index contributed by atoms with van der Waals surface area (Å²) in [4.78, 5) is 4.25. The summed E-state index contributed by atoms with van der Waals surface area (Å²) in [5.41, 5.74) is 2.54. The predicted molar refractivity (Wildman–Crippen MR) is 89.6 cm³/mol. The Kier molecular flexibility index (Phi) is 4.15. The fourth-order valence-electron chi connectivity index (χ4n) is 2.66. The molecular weight excluding hydrogens is 256 g/mol. The van der Waals surface area contributed by atoms with E-state index in [1.54, 1.807) is 0 Å². The molecule has 0 bridgehead atoms. The summed E-state index contributed by atoms with van der Waals surface area (Å²) in [5.74, 6) is 0. The van der Waals surface area contributed by atoms with E-state index in [2.05, 4.69) is 71.8 Å². The molecule has 21 heavy (non-hydrogen) atoms. The molecule has 1 heterocycles. The topological polar surface area (TPSA) is 24.9 Å². The van der Waals surface area contributed by atoms with Crippen LogP contribution in [0.2, 0.25) is 0 Å². The first kappa shape index (κ1) is 13.6. The van der Waals surface area contributed by atoms with Gasteiger partial charge < -0.3 is 5.32 Å². The molecule has 0 saturated heterocycles. The molecule has 1 atom stereocenters. The van der Waals surface area contributed by atoms with Crippen LogP contribution < -0.4 is 5.32 Å². The molecule has 3 aromatic rings. The van der Waals surface area contributed by atoms with Gasteiger partial charge >= 0.3 is 0 Å². The van der Waals surface area contributed by atoms with Crippen LogP contribution in [-0.4, -0.2) is 11.0 Å². The fraction of sp³-hybridized carbons (Fsp3) is 0.211. The minimum absolute atomic E-state index is 0.429. The van der Waals surface area contributed by atoms with Gasteiger partial charge in [0.1, 0.15) is 0 Å². The van der Waals surface area contributed by atoms with Gasteiger partial charge in [0.25, 0.3) is 0 Å². The van der Waals surface area contributed by atoms with Crippen molar-refractivity contribution in [1.29, 1.82) is 0 Å². The average Bonchev–Trinajstić information content (AvgIpc) is 2.55. The van der Waals surface area contributed by atoms with Gasteiger partial charge in [0.2, 0.25) is 0 Å². The van der Waals surface area contributed by atoms with E-state index in [1.807, 2.05) is 12.4 Å². The summed E-state index contributed by atoms with van der Waals surface area (Å²) < 4.78 is 0. The highest BCUT2D eigenvalue weighted by molar-refractivity contribution is 5.93. The Bertz CT molecular complexity index is 702. The van der Waals surface area contributed by atoms with Crippen LogP contribution in [0.4, 0.5) is 5.69 Å². The van der Waals surface area contributed by atoms with Gasteiger partial charge in [0, 0.05) is 29.5 Å². The van der Waals surface area contributed by atoms with Crippen molar-refractivity contribution in [2.45, 2.75) is 25.8 Å². The van der Waals surface area contributed by atoms with Gasteiger partial charge in [-0.3, -0.25) is 4.98 Å². The molecule has 106 valence electrons. The van der Waals surface area contributed by atoms with Crippen molar-refractivity contribution in [3.05, 3.63) is 72.6 Å². The number of aromatic nitrogens is 1. The summed E-state index contributed by atoms with van der Waals surface area (Å²) in [6.07, 6.45) is 5.90. The number of fused-ring (bicyclic) bond motifs is 1. The summed E-state index contributed by atoms with van der Waals surface area (Å²) in [7, 11) is 0. The lowest BCUT2D eigenvalue weighted by atomic mass is 10.0. The molecule has 2 nitrogen and oxygen atoms in total. The standard InChI is InChI=1S/C19H20N2/c1-2-17(13-15-7-4-3-5-8-15)21-19-10-6-9-16-11-12-20-14-18(16)19/h3-12,14,17,21H,2,13H2,1H3. The minimum Gasteiger partial charge on any atom is -0.381 e. The first-order valence-corrected chi connectivity index (χ1v) is 7.50. The second kappa shape index (κ2) is 6.40. The molecule has 1 N–H and O–H groups in total. The highest BCUT2D eigenvalue weighted by Crippen LogP contribution is 2.23. The second-order valence-electron chi connectivity index (χ2n) is 5.34. The maximum Gasteiger partial charge on any atom is 0.0437 e. The Morgan fingerprint density at radius 2 is 1.86 bits per heavy atom. The Hall–Kier alpha value is -2.35. The third-order valence-electron chi connectivity index (χ3n) is 3.86. The summed E-state index contributed by atoms with van der Waals surface area (Å²) >= 11 is 0. The quantitative estimate of drug-likeness (QED) is 0.732. The smallest absolute Gasteiger partial charge is 0.0437 e. The Morgan fingerprint density at radius 1 is 1.00 bits per heavy atom. The third kappa shape index (κ3) is 3.22. The molecule has 1 unspecified atom stereocenters. The van der Waals surface area contributed by atoms with Crippen LogP contribution in [0.1, 0.15) is 18.9 Å². The van der Waals surface area contributed by atoms with Crippen LogP contribution in [0, 0.1) is 0 Å². The van der Waals surface area contributed by atoms with Crippen LogP contribution >= 0.6 is 0 Å². The van der Waals surface area contributed by atoms with Gasteiger partial charge in [-0.25, -0.2) is 0 Å². The van der Waals surface area contributed by atoms with E-state index in [9.17, 15) is 0 Å². The number of anilines is 1. The zero-order valence-electron chi connectivity index (χ0n) is 12.3. The lowest BCUT2D eigenvalue weighted by Gasteiger charge is -2.19. The first-order chi connectivity index (χ1) is 10.4. The molecule has 0 amide bonds. The van der Waals surface area contributed by atoms with Crippen molar-refractivity contribution < 1.29 is 0 Å². The van der Waals surface area contributed by atoms with Crippen LogP contribution in [0.15, 0.2) is 67.0 Å². The van der Waals surface area contributed by atoms with Crippen molar-refractivity contribution in [1.82, 2.24) is 4.98 Å². The van der Waals surface area contributed by atoms with Gasteiger partial charge in [-0.15, -0.1) is 0 Å². The van der Waals surface area contributed by atoms with Gasteiger partial charge in [-0.05, 0) is 35.9 Å². The zero-order chi connectivity index (χ0) is 14.5. The van der Waals surface area contributed by atoms with Crippen molar-refractivity contribution >= 4 is 16.5 Å². The molecule has 0 aliphatic heterocycles. The number of hydrogen-bond donors (Lipinski definition) is 1. The molecule has 0 spiro atoms. The van der Waals surface area contributed by atoms with Crippen LogP contribution in [0.5, 0.6) is 0 Å². The van der Waals surface area contributed by atoms with E-state index < -0.39 is 0 Å². The van der Waals surface area contributed by atoms with Gasteiger partial charge in [-0.1, -0.05) is 49.4 Å². The third-order valence-corrected chi connectivity index (χ3v) is 3.86. The molecule has 0 radical (unpaired) electrons. The number of rotatable bonds is 5. The van der Waals surface area contributed by atoms with Crippen molar-refractivity contribution in [3.63, 3.8) is 0 Å². The highest BCUT2D eigenvalue weighted by atomic mass is 14.9. The maximum atomic E-state index is 4.25. The molecule has 0 fully saturated rings. The van der Waals surface area contributed by atoms with E-state index in [-0.39, 0.29) is 0 Å². The van der Waals surface area contributed by atoms with Gasteiger partial charge in [0.15, 0.2) is 0 Å². The summed E-state index contributed by atoms with van der Waals surface area (Å²) in [6, 6.07) is 19.5. The normalized spacial score (nSPS) is 12.2. The van der Waals surface area contributed by atoms with Gasteiger partial charge in [0.05, 0.1) is 0 Å². The predicted octanol–water partition coefficient (Wildman–Crippen LogP) is 4.67. The van der Waals surface area contributed by atoms with E-state index in [4.69, 9.17) is 0 Å². The lowest BCUT2D eigenvalue weighted by Crippen LogP contribution is -2.21. The molecule has 1 aromatic heterocycles. The van der Waals surface area contributed by atoms with Crippen LogP contribution in [0.3, 0.4) is 0 Å². The van der Waals surface area contributed by atoms with E-state index in [0.29, 0.717) is 6.04 Å². The number of nitrogens with one attached hydrogen (secondary N) is 1. The molecule has 0 saturated carbocycles. The SMILES string of the molecule is CCC(Cc1ccccc1)Nc1cccc2ccncc12. The highest BCUT2D eigenvalue weighted by Gasteiger charge is 2.09. The fourth-order valence-corrected chi connectivity index (χ4v) is 2.66. The van der Waals surface area contributed by atoms with Crippen LogP contribution in [0.25, 0.3) is 10.8 Å². The molecule has 0 aliphatic rings. The number of nitrogens with zero attached hydrogens (tertiary/aromatic N) is 1. The molecule has 3 rings (SSSR count). The number of benzene rings is 2. The average molecular weight is 276 g/mol. The number of hydrogen-bond acceptors (Lipinski definition) is 2.